The molecule has 2 rings (SSSR count). The molecule has 2 aromatic rings. The van der Waals surface area contributed by atoms with Gasteiger partial charge >= 0.3 is 0 Å². The van der Waals surface area contributed by atoms with Gasteiger partial charge in [0.05, 0.1) is 17.3 Å². The Kier molecular flexibility index (Phi) is 4.25. The smallest absolute Gasteiger partial charge is 0.0958 e. The number of benzene rings is 1. The van der Waals surface area contributed by atoms with Crippen LogP contribution in [-0.2, 0) is 17.7 Å². The number of hydrogen-bond donors (Lipinski definition) is 1. The highest BCUT2D eigenvalue weighted by atomic mass is 32.1. The Morgan fingerprint density at radius 3 is 2.71 bits per heavy atom. The van der Waals surface area contributed by atoms with Crippen LogP contribution in [0, 0.1) is 0 Å². The monoisotopic (exact) mass is 248 g/mol. The first kappa shape index (κ1) is 12.2. The predicted molar refractivity (Wildman–Crippen MR) is 71.0 cm³/mol. The van der Waals surface area contributed by atoms with Gasteiger partial charge in [-0.05, 0) is 0 Å². The average Bonchev–Trinajstić information content (AvgIpc) is 2.80. The summed E-state index contributed by atoms with van der Waals surface area (Å²) in [6, 6.07) is 10.2. The molecule has 0 aliphatic rings. The maximum Gasteiger partial charge on any atom is 0.0958 e. The van der Waals surface area contributed by atoms with Gasteiger partial charge in [0.15, 0.2) is 0 Å². The molecule has 0 spiro atoms. The number of rotatable bonds is 5. The van der Waals surface area contributed by atoms with Crippen LogP contribution in [0.2, 0.25) is 0 Å². The molecule has 4 heteroatoms. The first-order valence-electron chi connectivity index (χ1n) is 5.58. The van der Waals surface area contributed by atoms with E-state index in [9.17, 15) is 0 Å². The fourth-order valence-electron chi connectivity index (χ4n) is 1.66. The minimum Gasteiger partial charge on any atom is -0.384 e. The molecular weight excluding hydrogens is 232 g/mol. The van der Waals surface area contributed by atoms with Gasteiger partial charge < -0.3 is 10.5 Å². The van der Waals surface area contributed by atoms with Crippen molar-refractivity contribution in [2.24, 2.45) is 5.73 Å². The fourth-order valence-corrected chi connectivity index (χ4v) is 2.61. The minimum atomic E-state index is 0.537. The SMILES string of the molecule is COCCc1nc(-c2ccccc2)c(CN)s1. The summed E-state index contributed by atoms with van der Waals surface area (Å²) in [5.74, 6) is 0. The lowest BCUT2D eigenvalue weighted by atomic mass is 10.1. The number of hydrogen-bond acceptors (Lipinski definition) is 4. The molecule has 0 unspecified atom stereocenters. The molecule has 3 nitrogen and oxygen atoms in total. The third kappa shape index (κ3) is 2.91. The molecule has 0 amide bonds. The molecule has 0 radical (unpaired) electrons. The number of nitrogens with zero attached hydrogens (tertiary/aromatic N) is 1. The Bertz CT molecular complexity index is 468. The van der Waals surface area contributed by atoms with Crippen LogP contribution in [0.5, 0.6) is 0 Å². The number of aromatic nitrogens is 1. The minimum absolute atomic E-state index is 0.537. The van der Waals surface area contributed by atoms with Gasteiger partial charge in [-0.15, -0.1) is 11.3 Å². The topological polar surface area (TPSA) is 48.1 Å². The molecule has 0 aliphatic carbocycles. The predicted octanol–water partition coefficient (Wildman–Crippen LogP) is 2.46. The van der Waals surface area contributed by atoms with Gasteiger partial charge in [0.25, 0.3) is 0 Å². The van der Waals surface area contributed by atoms with Crippen molar-refractivity contribution in [2.75, 3.05) is 13.7 Å². The van der Waals surface area contributed by atoms with E-state index >= 15 is 0 Å². The van der Waals surface area contributed by atoms with Crippen molar-refractivity contribution < 1.29 is 4.74 Å². The maximum atomic E-state index is 5.77. The molecular formula is C13H16N2OS. The van der Waals surface area contributed by atoms with Crippen LogP contribution in [0.15, 0.2) is 30.3 Å². The van der Waals surface area contributed by atoms with Crippen molar-refractivity contribution in [3.05, 3.63) is 40.2 Å². The molecule has 1 aromatic carbocycles. The number of ether oxygens (including phenoxy) is 1. The summed E-state index contributed by atoms with van der Waals surface area (Å²) in [5.41, 5.74) is 7.92. The molecule has 0 bridgehead atoms. The van der Waals surface area contributed by atoms with E-state index in [0.29, 0.717) is 13.2 Å². The second-order valence-electron chi connectivity index (χ2n) is 3.69. The van der Waals surface area contributed by atoms with Crippen LogP contribution in [0.4, 0.5) is 0 Å². The highest BCUT2D eigenvalue weighted by Crippen LogP contribution is 2.28. The normalized spacial score (nSPS) is 10.7. The van der Waals surface area contributed by atoms with E-state index in [-0.39, 0.29) is 0 Å². The van der Waals surface area contributed by atoms with Gasteiger partial charge in [-0.3, -0.25) is 0 Å². The summed E-state index contributed by atoms with van der Waals surface area (Å²) < 4.78 is 5.07. The van der Waals surface area contributed by atoms with Gasteiger partial charge in [0.2, 0.25) is 0 Å². The Morgan fingerprint density at radius 2 is 2.06 bits per heavy atom. The van der Waals surface area contributed by atoms with Crippen molar-refractivity contribution in [3.63, 3.8) is 0 Å². The van der Waals surface area contributed by atoms with Crippen LogP contribution in [0.25, 0.3) is 11.3 Å². The zero-order valence-corrected chi connectivity index (χ0v) is 10.7. The molecule has 0 atom stereocenters. The second-order valence-corrected chi connectivity index (χ2v) is 4.86. The third-order valence-electron chi connectivity index (χ3n) is 2.49. The van der Waals surface area contributed by atoms with Crippen molar-refractivity contribution in [2.45, 2.75) is 13.0 Å². The molecule has 2 N–H and O–H groups in total. The summed E-state index contributed by atoms with van der Waals surface area (Å²) in [4.78, 5) is 5.79. The molecule has 0 fully saturated rings. The van der Waals surface area contributed by atoms with Crippen LogP contribution < -0.4 is 5.73 Å². The van der Waals surface area contributed by atoms with Gasteiger partial charge in [-0.25, -0.2) is 4.98 Å². The molecule has 17 heavy (non-hydrogen) atoms. The highest BCUT2D eigenvalue weighted by molar-refractivity contribution is 7.12. The summed E-state index contributed by atoms with van der Waals surface area (Å²) in [7, 11) is 1.70. The van der Waals surface area contributed by atoms with E-state index in [4.69, 9.17) is 10.5 Å². The van der Waals surface area contributed by atoms with Gasteiger partial charge in [-0.1, -0.05) is 30.3 Å². The molecule has 0 saturated carbocycles. The molecule has 1 aromatic heterocycles. The van der Waals surface area contributed by atoms with E-state index in [1.807, 2.05) is 18.2 Å². The Hall–Kier alpha value is -1.23. The van der Waals surface area contributed by atoms with Crippen molar-refractivity contribution in [3.8, 4) is 11.3 Å². The average molecular weight is 248 g/mol. The number of methoxy groups -OCH3 is 1. The van der Waals surface area contributed by atoms with Crippen LogP contribution in [-0.4, -0.2) is 18.7 Å². The fraction of sp³-hybridized carbons (Fsp3) is 0.308. The Balaban J connectivity index is 2.30. The van der Waals surface area contributed by atoms with Gasteiger partial charge in [0, 0.05) is 30.5 Å². The van der Waals surface area contributed by atoms with Crippen LogP contribution in [0.1, 0.15) is 9.88 Å². The summed E-state index contributed by atoms with van der Waals surface area (Å²) in [6.07, 6.45) is 0.848. The zero-order valence-electron chi connectivity index (χ0n) is 9.85. The second kappa shape index (κ2) is 5.91. The lowest BCUT2D eigenvalue weighted by Crippen LogP contribution is -1.95. The van der Waals surface area contributed by atoms with Gasteiger partial charge in [0.1, 0.15) is 0 Å². The van der Waals surface area contributed by atoms with E-state index in [1.165, 1.54) is 0 Å². The van der Waals surface area contributed by atoms with E-state index < -0.39 is 0 Å². The summed E-state index contributed by atoms with van der Waals surface area (Å²) in [6.45, 7) is 1.24. The first-order chi connectivity index (χ1) is 8.35. The van der Waals surface area contributed by atoms with Crippen molar-refractivity contribution in [1.29, 1.82) is 0 Å². The standard InChI is InChI=1S/C13H16N2OS/c1-16-8-7-12-15-13(11(9-14)17-12)10-5-3-2-4-6-10/h2-6H,7-9,14H2,1H3. The van der Waals surface area contributed by atoms with E-state index in [1.54, 1.807) is 18.4 Å². The molecule has 0 saturated heterocycles. The number of thiazole rings is 1. The Morgan fingerprint density at radius 1 is 1.29 bits per heavy atom. The van der Waals surface area contributed by atoms with E-state index in [2.05, 4.69) is 17.1 Å². The number of nitrogens with two attached hydrogens (primary N) is 1. The lowest BCUT2D eigenvalue weighted by Gasteiger charge is -1.98. The van der Waals surface area contributed by atoms with Gasteiger partial charge in [-0.2, -0.15) is 0 Å². The molecule has 1 heterocycles. The van der Waals surface area contributed by atoms with Crippen LogP contribution in [0.3, 0.4) is 0 Å². The molecule has 0 aliphatic heterocycles. The van der Waals surface area contributed by atoms with Crippen molar-refractivity contribution >= 4 is 11.3 Å². The summed E-state index contributed by atoms with van der Waals surface area (Å²) >= 11 is 1.68. The first-order valence-corrected chi connectivity index (χ1v) is 6.39. The quantitative estimate of drug-likeness (QED) is 0.884. The van der Waals surface area contributed by atoms with Crippen molar-refractivity contribution in [1.82, 2.24) is 4.98 Å². The summed E-state index contributed by atoms with van der Waals surface area (Å²) in [5, 5.41) is 1.09. The van der Waals surface area contributed by atoms with E-state index in [0.717, 1.165) is 27.6 Å². The van der Waals surface area contributed by atoms with Crippen LogP contribution >= 0.6 is 11.3 Å². The Labute approximate surface area is 105 Å². The molecule has 90 valence electrons. The highest BCUT2D eigenvalue weighted by Gasteiger charge is 2.11. The third-order valence-corrected chi connectivity index (χ3v) is 3.63. The lowest BCUT2D eigenvalue weighted by molar-refractivity contribution is 0.202. The maximum absolute atomic E-state index is 5.77. The largest absolute Gasteiger partial charge is 0.384 e. The zero-order chi connectivity index (χ0) is 12.1.